The number of hydrogen-bond donors (Lipinski definition) is 0. The highest BCUT2D eigenvalue weighted by Gasteiger charge is 2.06. The highest BCUT2D eigenvalue weighted by atomic mass is 35.5. The maximum Gasteiger partial charge on any atom is 0.132 e. The first-order valence-electron chi connectivity index (χ1n) is 9.86. The van der Waals surface area contributed by atoms with Crippen molar-refractivity contribution in [3.05, 3.63) is 67.6 Å². The fourth-order valence-electron chi connectivity index (χ4n) is 3.24. The quantitative estimate of drug-likeness (QED) is 0.290. The van der Waals surface area contributed by atoms with E-state index in [0.717, 1.165) is 62.5 Å². The summed E-state index contributed by atoms with van der Waals surface area (Å²) in [7, 11) is 0. The van der Waals surface area contributed by atoms with Crippen LogP contribution in [-0.4, -0.2) is 5.78 Å². The Morgan fingerprint density at radius 1 is 0.607 bits per heavy atom. The van der Waals surface area contributed by atoms with E-state index in [4.69, 9.17) is 46.4 Å². The molecule has 0 bridgehead atoms. The molecule has 1 nitrogen and oxygen atoms in total. The molecule has 0 atom stereocenters. The molecule has 152 valence electrons. The first kappa shape index (κ1) is 23.5. The molecule has 0 fully saturated rings. The Balaban J connectivity index is 1.52. The minimum Gasteiger partial charge on any atom is -0.300 e. The van der Waals surface area contributed by atoms with Gasteiger partial charge < -0.3 is 0 Å². The van der Waals surface area contributed by atoms with E-state index in [1.165, 1.54) is 0 Å². The number of carbonyl (C=O) groups excluding carboxylic acids is 1. The standard InChI is InChI=1S/C23H26Cl4O/c24-20-15-7-11-17(22(20)26)9-3-1-5-13-19(28)14-6-2-4-10-18-12-8-16-21(25)23(18)27/h7-8,11-12,15-16H,1-6,9-10,13-14H2. The van der Waals surface area contributed by atoms with Crippen LogP contribution in [0.15, 0.2) is 36.4 Å². The van der Waals surface area contributed by atoms with Gasteiger partial charge in [0.2, 0.25) is 0 Å². The second kappa shape index (κ2) is 12.8. The SMILES string of the molecule is O=C(CCCCCc1cccc(Cl)c1Cl)CCCCCc1cccc(Cl)c1Cl. The molecule has 0 spiro atoms. The third-order valence-electron chi connectivity index (χ3n) is 4.87. The Hall–Kier alpha value is -0.730. The van der Waals surface area contributed by atoms with Crippen LogP contribution in [0.2, 0.25) is 20.1 Å². The monoisotopic (exact) mass is 458 g/mol. The summed E-state index contributed by atoms with van der Waals surface area (Å²) in [5, 5.41) is 2.51. The van der Waals surface area contributed by atoms with E-state index >= 15 is 0 Å². The zero-order valence-corrected chi connectivity index (χ0v) is 19.0. The molecular weight excluding hydrogens is 434 g/mol. The molecule has 0 unspecified atom stereocenters. The van der Waals surface area contributed by atoms with Gasteiger partial charge in [0, 0.05) is 12.8 Å². The molecule has 0 saturated heterocycles. The van der Waals surface area contributed by atoms with Crippen LogP contribution in [0.5, 0.6) is 0 Å². The summed E-state index contributed by atoms with van der Waals surface area (Å²) in [6.07, 6.45) is 9.13. The van der Waals surface area contributed by atoms with Crippen molar-refractivity contribution in [2.24, 2.45) is 0 Å². The average molecular weight is 460 g/mol. The van der Waals surface area contributed by atoms with Gasteiger partial charge in [0.1, 0.15) is 5.78 Å². The van der Waals surface area contributed by atoms with Gasteiger partial charge in [-0.15, -0.1) is 0 Å². The van der Waals surface area contributed by atoms with Crippen LogP contribution in [0.4, 0.5) is 0 Å². The van der Waals surface area contributed by atoms with E-state index in [-0.39, 0.29) is 0 Å². The number of carbonyl (C=O) groups is 1. The number of halogens is 4. The average Bonchev–Trinajstić information content (AvgIpc) is 2.67. The first-order valence-corrected chi connectivity index (χ1v) is 11.4. The molecule has 2 aromatic carbocycles. The Kier molecular flexibility index (Phi) is 10.7. The van der Waals surface area contributed by atoms with Gasteiger partial charge in [-0.3, -0.25) is 4.79 Å². The molecular formula is C23H26Cl4O. The van der Waals surface area contributed by atoms with E-state index in [1.807, 2.05) is 24.3 Å². The Labute approximate surface area is 188 Å². The number of rotatable bonds is 12. The van der Waals surface area contributed by atoms with Crippen molar-refractivity contribution in [3.8, 4) is 0 Å². The van der Waals surface area contributed by atoms with Gasteiger partial charge in [0.15, 0.2) is 0 Å². The lowest BCUT2D eigenvalue weighted by Crippen LogP contribution is -1.98. The van der Waals surface area contributed by atoms with Gasteiger partial charge in [-0.05, 0) is 61.8 Å². The maximum absolute atomic E-state index is 12.0. The van der Waals surface area contributed by atoms with E-state index in [2.05, 4.69) is 0 Å². The molecule has 5 heteroatoms. The van der Waals surface area contributed by atoms with Crippen molar-refractivity contribution in [3.63, 3.8) is 0 Å². The summed E-state index contributed by atoms with van der Waals surface area (Å²) in [4.78, 5) is 12.0. The summed E-state index contributed by atoms with van der Waals surface area (Å²) in [5.41, 5.74) is 2.17. The molecule has 0 amide bonds. The van der Waals surface area contributed by atoms with Crippen LogP contribution < -0.4 is 0 Å². The molecule has 2 aromatic rings. The van der Waals surface area contributed by atoms with Crippen molar-refractivity contribution >= 4 is 52.2 Å². The lowest BCUT2D eigenvalue weighted by molar-refractivity contribution is -0.119. The third-order valence-corrected chi connectivity index (χ3v) is 6.58. The van der Waals surface area contributed by atoms with Crippen LogP contribution in [0.25, 0.3) is 0 Å². The summed E-state index contributed by atoms with van der Waals surface area (Å²) in [6, 6.07) is 11.5. The van der Waals surface area contributed by atoms with Gasteiger partial charge in [-0.1, -0.05) is 83.5 Å². The number of ketones is 1. The summed E-state index contributed by atoms with van der Waals surface area (Å²) < 4.78 is 0. The van der Waals surface area contributed by atoms with Crippen molar-refractivity contribution in [2.75, 3.05) is 0 Å². The molecule has 2 rings (SSSR count). The van der Waals surface area contributed by atoms with E-state index < -0.39 is 0 Å². The highest BCUT2D eigenvalue weighted by Crippen LogP contribution is 2.28. The summed E-state index contributed by atoms with van der Waals surface area (Å²) in [5.74, 6) is 0.363. The second-order valence-corrected chi connectivity index (χ2v) is 8.66. The van der Waals surface area contributed by atoms with Gasteiger partial charge in [0.05, 0.1) is 20.1 Å². The van der Waals surface area contributed by atoms with Crippen LogP contribution in [0.1, 0.15) is 62.5 Å². The van der Waals surface area contributed by atoms with Gasteiger partial charge in [-0.25, -0.2) is 0 Å². The fourth-order valence-corrected chi connectivity index (χ4v) is 4.07. The Morgan fingerprint density at radius 2 is 1.04 bits per heavy atom. The predicted octanol–water partition coefficient (Wildman–Crippen LogP) is 8.78. The molecule has 0 aliphatic rings. The first-order chi connectivity index (χ1) is 13.5. The molecule has 0 heterocycles. The van der Waals surface area contributed by atoms with Crippen LogP contribution in [-0.2, 0) is 17.6 Å². The number of benzene rings is 2. The maximum atomic E-state index is 12.0. The second-order valence-electron chi connectivity index (χ2n) is 7.09. The van der Waals surface area contributed by atoms with Crippen LogP contribution in [0, 0.1) is 0 Å². The number of unbranched alkanes of at least 4 members (excludes halogenated alkanes) is 4. The largest absolute Gasteiger partial charge is 0.300 e. The Bertz CT molecular complexity index is 710. The molecule has 0 N–H and O–H groups in total. The van der Waals surface area contributed by atoms with Crippen molar-refractivity contribution < 1.29 is 4.79 Å². The molecule has 0 saturated carbocycles. The smallest absolute Gasteiger partial charge is 0.132 e. The normalized spacial score (nSPS) is 11.0. The summed E-state index contributed by atoms with van der Waals surface area (Å²) in [6.45, 7) is 0. The van der Waals surface area contributed by atoms with Crippen LogP contribution >= 0.6 is 46.4 Å². The van der Waals surface area contributed by atoms with E-state index in [1.54, 1.807) is 12.1 Å². The minimum absolute atomic E-state index is 0.363. The predicted molar refractivity (Wildman–Crippen MR) is 122 cm³/mol. The highest BCUT2D eigenvalue weighted by molar-refractivity contribution is 6.42. The third kappa shape index (κ3) is 7.95. The van der Waals surface area contributed by atoms with Gasteiger partial charge >= 0.3 is 0 Å². The molecule has 28 heavy (non-hydrogen) atoms. The number of aryl methyl sites for hydroxylation is 2. The van der Waals surface area contributed by atoms with Gasteiger partial charge in [0.25, 0.3) is 0 Å². The number of Topliss-reactive ketones (excluding diaryl/α,β-unsaturated/α-hetero) is 1. The lowest BCUT2D eigenvalue weighted by Gasteiger charge is -2.06. The van der Waals surface area contributed by atoms with Gasteiger partial charge in [-0.2, -0.15) is 0 Å². The zero-order valence-electron chi connectivity index (χ0n) is 16.0. The summed E-state index contributed by atoms with van der Waals surface area (Å²) >= 11 is 24.4. The van der Waals surface area contributed by atoms with Crippen molar-refractivity contribution in [1.29, 1.82) is 0 Å². The number of hydrogen-bond acceptors (Lipinski definition) is 1. The molecule has 0 aromatic heterocycles. The zero-order chi connectivity index (χ0) is 20.4. The molecule has 0 aliphatic carbocycles. The van der Waals surface area contributed by atoms with Crippen molar-refractivity contribution in [1.82, 2.24) is 0 Å². The van der Waals surface area contributed by atoms with Crippen LogP contribution in [0.3, 0.4) is 0 Å². The Morgan fingerprint density at radius 3 is 1.46 bits per heavy atom. The molecule has 0 radical (unpaired) electrons. The lowest BCUT2D eigenvalue weighted by atomic mass is 10.0. The van der Waals surface area contributed by atoms with E-state index in [9.17, 15) is 4.79 Å². The fraction of sp³-hybridized carbons (Fsp3) is 0.435. The topological polar surface area (TPSA) is 17.1 Å². The van der Waals surface area contributed by atoms with E-state index in [0.29, 0.717) is 38.7 Å². The minimum atomic E-state index is 0.363. The van der Waals surface area contributed by atoms with Crippen molar-refractivity contribution in [2.45, 2.75) is 64.2 Å². The molecule has 0 aliphatic heterocycles.